The van der Waals surface area contributed by atoms with Gasteiger partial charge in [0.2, 0.25) is 0 Å². The van der Waals surface area contributed by atoms with E-state index in [9.17, 15) is 4.79 Å². The summed E-state index contributed by atoms with van der Waals surface area (Å²) in [6.45, 7) is 2.15. The Bertz CT molecular complexity index is 766. The Kier molecular flexibility index (Phi) is 4.09. The highest BCUT2D eigenvalue weighted by Gasteiger charge is 2.33. The van der Waals surface area contributed by atoms with Crippen LogP contribution in [0.1, 0.15) is 62.7 Å². The third-order valence-corrected chi connectivity index (χ3v) is 5.66. The van der Waals surface area contributed by atoms with Gasteiger partial charge in [0.1, 0.15) is 5.78 Å². The van der Waals surface area contributed by atoms with Crippen molar-refractivity contribution < 1.29 is 4.79 Å². The SMILES string of the molecule is CC1=C(c2ccccc2)C(CC(=O)C2CCCCC2)n2cncc21. The lowest BCUT2D eigenvalue weighted by Gasteiger charge is -2.24. The number of imidazole rings is 1. The highest BCUT2D eigenvalue weighted by molar-refractivity contribution is 5.96. The molecule has 2 aromatic rings. The van der Waals surface area contributed by atoms with Crippen LogP contribution in [-0.4, -0.2) is 15.3 Å². The first-order chi connectivity index (χ1) is 11.8. The van der Waals surface area contributed by atoms with Crippen LogP contribution in [0.4, 0.5) is 0 Å². The lowest BCUT2D eigenvalue weighted by Crippen LogP contribution is -2.21. The second-order valence-corrected chi connectivity index (χ2v) is 7.11. The third kappa shape index (κ3) is 2.62. The van der Waals surface area contributed by atoms with Gasteiger partial charge in [-0.2, -0.15) is 0 Å². The van der Waals surface area contributed by atoms with Crippen LogP contribution in [0.25, 0.3) is 11.1 Å². The minimum absolute atomic E-state index is 0.0966. The van der Waals surface area contributed by atoms with E-state index in [-0.39, 0.29) is 12.0 Å². The second kappa shape index (κ2) is 6.39. The summed E-state index contributed by atoms with van der Waals surface area (Å²) in [5, 5.41) is 0. The molecule has 1 atom stereocenters. The van der Waals surface area contributed by atoms with Gasteiger partial charge in [-0.3, -0.25) is 4.79 Å². The molecule has 0 N–H and O–H groups in total. The van der Waals surface area contributed by atoms with Crippen LogP contribution >= 0.6 is 0 Å². The fourth-order valence-corrected chi connectivity index (χ4v) is 4.38. The Balaban J connectivity index is 1.66. The van der Waals surface area contributed by atoms with Crippen molar-refractivity contribution in [2.75, 3.05) is 0 Å². The number of carbonyl (C=O) groups excluding carboxylic acids is 1. The van der Waals surface area contributed by atoms with E-state index in [0.29, 0.717) is 12.2 Å². The van der Waals surface area contributed by atoms with E-state index in [4.69, 9.17) is 0 Å². The molecule has 24 heavy (non-hydrogen) atoms. The molecule has 1 unspecified atom stereocenters. The van der Waals surface area contributed by atoms with Gasteiger partial charge in [-0.05, 0) is 36.5 Å². The van der Waals surface area contributed by atoms with Crippen LogP contribution in [0.15, 0.2) is 42.9 Å². The molecule has 2 heterocycles. The van der Waals surface area contributed by atoms with Crippen LogP contribution in [0.2, 0.25) is 0 Å². The number of nitrogens with zero attached hydrogens (tertiary/aromatic N) is 2. The Morgan fingerprint density at radius 1 is 1.17 bits per heavy atom. The standard InChI is InChI=1S/C21H24N2O/c1-15-19-13-22-14-23(19)18(21(15)17-10-6-3-7-11-17)12-20(24)16-8-4-2-5-9-16/h3,6-7,10-11,13-14,16,18H,2,4-5,8-9,12H2,1H3. The Labute approximate surface area is 143 Å². The first-order valence-corrected chi connectivity index (χ1v) is 9.07. The lowest BCUT2D eigenvalue weighted by atomic mass is 9.82. The van der Waals surface area contributed by atoms with Gasteiger partial charge in [0, 0.05) is 12.3 Å². The number of ketones is 1. The number of rotatable bonds is 4. The van der Waals surface area contributed by atoms with Gasteiger partial charge in [0.25, 0.3) is 0 Å². The van der Waals surface area contributed by atoms with E-state index in [1.54, 1.807) is 0 Å². The van der Waals surface area contributed by atoms with E-state index in [1.165, 1.54) is 36.0 Å². The van der Waals surface area contributed by atoms with E-state index in [2.05, 4.69) is 40.7 Å². The average molecular weight is 320 g/mol. The quantitative estimate of drug-likeness (QED) is 0.802. The van der Waals surface area contributed by atoms with Crippen molar-refractivity contribution >= 4 is 16.9 Å². The van der Waals surface area contributed by atoms with Crippen molar-refractivity contribution in [1.29, 1.82) is 0 Å². The average Bonchev–Trinajstić information content (AvgIpc) is 3.20. The lowest BCUT2D eigenvalue weighted by molar-refractivity contribution is -0.124. The molecule has 3 nitrogen and oxygen atoms in total. The van der Waals surface area contributed by atoms with Gasteiger partial charge in [0.05, 0.1) is 24.3 Å². The highest BCUT2D eigenvalue weighted by atomic mass is 16.1. The maximum absolute atomic E-state index is 12.9. The van der Waals surface area contributed by atoms with Crippen LogP contribution in [-0.2, 0) is 4.79 Å². The normalized spacial score (nSPS) is 21.1. The van der Waals surface area contributed by atoms with Crippen LogP contribution in [0.5, 0.6) is 0 Å². The molecule has 0 saturated heterocycles. The summed E-state index contributed by atoms with van der Waals surface area (Å²) in [6, 6.07) is 10.6. The molecule has 0 bridgehead atoms. The largest absolute Gasteiger partial charge is 0.323 e. The fourth-order valence-electron chi connectivity index (χ4n) is 4.38. The summed E-state index contributed by atoms with van der Waals surface area (Å²) in [7, 11) is 0. The Morgan fingerprint density at radius 2 is 1.92 bits per heavy atom. The molecule has 1 fully saturated rings. The van der Waals surface area contributed by atoms with E-state index in [1.807, 2.05) is 18.6 Å². The summed E-state index contributed by atoms with van der Waals surface area (Å²) in [5.74, 6) is 0.700. The number of allylic oxidation sites excluding steroid dienone is 2. The molecule has 1 aliphatic carbocycles. The summed E-state index contributed by atoms with van der Waals surface area (Å²) in [4.78, 5) is 17.2. The molecular weight excluding hydrogens is 296 g/mol. The van der Waals surface area contributed by atoms with E-state index in [0.717, 1.165) is 18.5 Å². The molecule has 1 aromatic heterocycles. The van der Waals surface area contributed by atoms with Crippen LogP contribution in [0, 0.1) is 5.92 Å². The first-order valence-electron chi connectivity index (χ1n) is 9.07. The number of fused-ring (bicyclic) bond motifs is 1. The molecule has 1 aromatic carbocycles. The zero-order valence-corrected chi connectivity index (χ0v) is 14.2. The molecule has 4 rings (SSSR count). The second-order valence-electron chi connectivity index (χ2n) is 7.11. The van der Waals surface area contributed by atoms with Crippen molar-refractivity contribution in [2.45, 2.75) is 51.5 Å². The molecular formula is C21H24N2O. The molecule has 0 radical (unpaired) electrons. The van der Waals surface area contributed by atoms with Gasteiger partial charge in [-0.15, -0.1) is 0 Å². The predicted molar refractivity (Wildman–Crippen MR) is 96.4 cm³/mol. The van der Waals surface area contributed by atoms with Crippen molar-refractivity contribution in [2.24, 2.45) is 5.92 Å². The van der Waals surface area contributed by atoms with Gasteiger partial charge in [-0.25, -0.2) is 4.98 Å². The Morgan fingerprint density at radius 3 is 2.67 bits per heavy atom. The summed E-state index contributed by atoms with van der Waals surface area (Å²) in [6.07, 6.45) is 10.2. The number of aromatic nitrogens is 2. The monoisotopic (exact) mass is 320 g/mol. The zero-order chi connectivity index (χ0) is 16.5. The van der Waals surface area contributed by atoms with Crippen molar-refractivity contribution in [3.8, 4) is 0 Å². The van der Waals surface area contributed by atoms with Gasteiger partial charge in [-0.1, -0.05) is 49.6 Å². The molecule has 2 aliphatic rings. The first kappa shape index (κ1) is 15.4. The Hall–Kier alpha value is -2.16. The molecule has 1 aliphatic heterocycles. The number of hydrogen-bond acceptors (Lipinski definition) is 2. The number of hydrogen-bond donors (Lipinski definition) is 0. The van der Waals surface area contributed by atoms with E-state index < -0.39 is 0 Å². The minimum Gasteiger partial charge on any atom is -0.323 e. The smallest absolute Gasteiger partial charge is 0.138 e. The molecule has 0 spiro atoms. The minimum atomic E-state index is 0.0966. The van der Waals surface area contributed by atoms with Gasteiger partial charge in [0.15, 0.2) is 0 Å². The van der Waals surface area contributed by atoms with Crippen molar-refractivity contribution in [1.82, 2.24) is 9.55 Å². The maximum Gasteiger partial charge on any atom is 0.138 e. The van der Waals surface area contributed by atoms with E-state index >= 15 is 0 Å². The van der Waals surface area contributed by atoms with Crippen LogP contribution < -0.4 is 0 Å². The summed E-state index contributed by atoms with van der Waals surface area (Å²) < 4.78 is 2.19. The third-order valence-electron chi connectivity index (χ3n) is 5.66. The predicted octanol–water partition coefficient (Wildman–Crippen LogP) is 4.91. The maximum atomic E-state index is 12.9. The summed E-state index contributed by atoms with van der Waals surface area (Å²) in [5.41, 5.74) is 4.91. The highest BCUT2D eigenvalue weighted by Crippen LogP contribution is 2.44. The molecule has 3 heteroatoms. The number of benzene rings is 1. The molecule has 1 saturated carbocycles. The van der Waals surface area contributed by atoms with Crippen LogP contribution in [0.3, 0.4) is 0 Å². The van der Waals surface area contributed by atoms with Crippen molar-refractivity contribution in [3.05, 3.63) is 54.1 Å². The fraction of sp³-hybridized carbons (Fsp3) is 0.429. The summed E-state index contributed by atoms with van der Waals surface area (Å²) >= 11 is 0. The zero-order valence-electron chi connectivity index (χ0n) is 14.2. The van der Waals surface area contributed by atoms with Gasteiger partial charge >= 0.3 is 0 Å². The number of carbonyl (C=O) groups is 1. The molecule has 124 valence electrons. The topological polar surface area (TPSA) is 34.9 Å². The van der Waals surface area contributed by atoms with Crippen molar-refractivity contribution in [3.63, 3.8) is 0 Å². The number of Topliss-reactive ketones (excluding diaryl/α,β-unsaturated/α-hetero) is 1. The molecule has 0 amide bonds. The van der Waals surface area contributed by atoms with Gasteiger partial charge < -0.3 is 4.57 Å².